The van der Waals surface area contributed by atoms with Gasteiger partial charge in [-0.25, -0.2) is 4.98 Å². The molecule has 1 aliphatic carbocycles. The summed E-state index contributed by atoms with van der Waals surface area (Å²) in [6.45, 7) is 2.78. The Kier molecular flexibility index (Phi) is 3.25. The summed E-state index contributed by atoms with van der Waals surface area (Å²) in [6, 6.07) is 6.74. The molecule has 1 fully saturated rings. The minimum Gasteiger partial charge on any atom is -0.496 e. The van der Waals surface area contributed by atoms with Gasteiger partial charge in [-0.1, -0.05) is 12.1 Å². The average molecular weight is 258 g/mol. The highest BCUT2D eigenvalue weighted by atomic mass is 16.5. The zero-order valence-corrected chi connectivity index (χ0v) is 11.3. The van der Waals surface area contributed by atoms with Crippen molar-refractivity contribution in [2.75, 3.05) is 7.11 Å². The normalized spacial score (nSPS) is 14.6. The lowest BCUT2D eigenvalue weighted by Crippen LogP contribution is -2.15. The van der Waals surface area contributed by atoms with E-state index in [0.717, 1.165) is 34.9 Å². The predicted molar refractivity (Wildman–Crippen MR) is 73.1 cm³/mol. The predicted octanol–water partition coefficient (Wildman–Crippen LogP) is 2.91. The molecule has 4 heteroatoms. The summed E-state index contributed by atoms with van der Waals surface area (Å²) >= 11 is 0. The maximum absolute atomic E-state index is 5.54. The van der Waals surface area contributed by atoms with Crippen LogP contribution in [0.1, 0.15) is 24.1 Å². The molecule has 1 N–H and O–H groups in total. The molecule has 1 aliphatic rings. The molecule has 3 rings (SSSR count). The van der Waals surface area contributed by atoms with Crippen molar-refractivity contribution in [1.82, 2.24) is 10.3 Å². The first kappa shape index (κ1) is 12.2. The van der Waals surface area contributed by atoms with Gasteiger partial charge in [0, 0.05) is 18.2 Å². The smallest absolute Gasteiger partial charge is 0.181 e. The second-order valence-corrected chi connectivity index (χ2v) is 4.97. The van der Waals surface area contributed by atoms with E-state index in [9.17, 15) is 0 Å². The van der Waals surface area contributed by atoms with Crippen molar-refractivity contribution in [3.05, 3.63) is 35.9 Å². The maximum atomic E-state index is 5.54. The van der Waals surface area contributed by atoms with E-state index >= 15 is 0 Å². The number of hydrogen-bond donors (Lipinski definition) is 1. The average Bonchev–Trinajstić information content (AvgIpc) is 3.14. The fourth-order valence-corrected chi connectivity index (χ4v) is 2.12. The number of hydrogen-bond acceptors (Lipinski definition) is 4. The Morgan fingerprint density at radius 2 is 2.26 bits per heavy atom. The van der Waals surface area contributed by atoms with Gasteiger partial charge in [-0.15, -0.1) is 0 Å². The molecule has 1 saturated carbocycles. The van der Waals surface area contributed by atoms with Gasteiger partial charge in [0.15, 0.2) is 12.2 Å². The van der Waals surface area contributed by atoms with Crippen molar-refractivity contribution in [3.63, 3.8) is 0 Å². The third-order valence-electron chi connectivity index (χ3n) is 3.45. The third-order valence-corrected chi connectivity index (χ3v) is 3.45. The van der Waals surface area contributed by atoms with Crippen molar-refractivity contribution >= 4 is 0 Å². The lowest BCUT2D eigenvalue weighted by Gasteiger charge is -2.07. The van der Waals surface area contributed by atoms with Crippen LogP contribution in [-0.4, -0.2) is 18.1 Å². The SMILES string of the molecule is COc1cc(-c2ocnc2CNC2CC2)ccc1C. The molecular weight excluding hydrogens is 240 g/mol. The number of aryl methyl sites for hydroxylation is 1. The van der Waals surface area contributed by atoms with Gasteiger partial charge in [-0.2, -0.15) is 0 Å². The van der Waals surface area contributed by atoms with E-state index in [2.05, 4.69) is 10.3 Å². The fraction of sp³-hybridized carbons (Fsp3) is 0.400. The summed E-state index contributed by atoms with van der Waals surface area (Å²) in [4.78, 5) is 4.30. The van der Waals surface area contributed by atoms with Crippen LogP contribution in [0.25, 0.3) is 11.3 Å². The number of ether oxygens (including phenoxy) is 1. The molecule has 0 bridgehead atoms. The Hall–Kier alpha value is -1.81. The number of aromatic nitrogens is 1. The van der Waals surface area contributed by atoms with Crippen LogP contribution in [0, 0.1) is 6.92 Å². The zero-order valence-electron chi connectivity index (χ0n) is 11.3. The highest BCUT2D eigenvalue weighted by Gasteiger charge is 2.21. The second kappa shape index (κ2) is 5.05. The van der Waals surface area contributed by atoms with Crippen LogP contribution in [0.2, 0.25) is 0 Å². The first-order valence-corrected chi connectivity index (χ1v) is 6.58. The first-order chi connectivity index (χ1) is 9.28. The molecule has 19 heavy (non-hydrogen) atoms. The van der Waals surface area contributed by atoms with E-state index in [0.29, 0.717) is 6.04 Å². The van der Waals surface area contributed by atoms with Crippen molar-refractivity contribution < 1.29 is 9.15 Å². The molecule has 4 nitrogen and oxygen atoms in total. The lowest BCUT2D eigenvalue weighted by molar-refractivity contribution is 0.411. The van der Waals surface area contributed by atoms with Crippen molar-refractivity contribution in [2.24, 2.45) is 0 Å². The Balaban J connectivity index is 1.86. The Bertz CT molecular complexity index is 573. The number of nitrogens with one attached hydrogen (secondary N) is 1. The van der Waals surface area contributed by atoms with Gasteiger partial charge >= 0.3 is 0 Å². The summed E-state index contributed by atoms with van der Waals surface area (Å²) in [5, 5.41) is 3.46. The zero-order chi connectivity index (χ0) is 13.2. The molecule has 1 aromatic heterocycles. The number of nitrogens with zero attached hydrogens (tertiary/aromatic N) is 1. The molecule has 100 valence electrons. The number of methoxy groups -OCH3 is 1. The summed E-state index contributed by atoms with van der Waals surface area (Å²) in [5.74, 6) is 1.70. The molecule has 0 atom stereocenters. The molecular formula is C15H18N2O2. The minimum atomic E-state index is 0.664. The highest BCUT2D eigenvalue weighted by molar-refractivity contribution is 5.63. The van der Waals surface area contributed by atoms with Crippen LogP contribution in [-0.2, 0) is 6.54 Å². The van der Waals surface area contributed by atoms with Gasteiger partial charge in [0.1, 0.15) is 11.4 Å². The molecule has 2 aromatic rings. The summed E-state index contributed by atoms with van der Waals surface area (Å²) in [7, 11) is 1.68. The Morgan fingerprint density at radius 1 is 1.42 bits per heavy atom. The van der Waals surface area contributed by atoms with E-state index in [-0.39, 0.29) is 0 Å². The molecule has 0 aliphatic heterocycles. The minimum absolute atomic E-state index is 0.664. The van der Waals surface area contributed by atoms with E-state index in [1.54, 1.807) is 7.11 Å². The van der Waals surface area contributed by atoms with Crippen LogP contribution >= 0.6 is 0 Å². The monoisotopic (exact) mass is 258 g/mol. The maximum Gasteiger partial charge on any atom is 0.181 e. The van der Waals surface area contributed by atoms with Crippen molar-refractivity contribution in [1.29, 1.82) is 0 Å². The van der Waals surface area contributed by atoms with Crippen molar-refractivity contribution in [2.45, 2.75) is 32.4 Å². The molecule has 0 radical (unpaired) electrons. The standard InChI is InChI=1S/C15H18N2O2/c1-10-3-4-11(7-14(10)18-2)15-13(17-9-19-15)8-16-12-5-6-12/h3-4,7,9,12,16H,5-6,8H2,1-2H3. The lowest BCUT2D eigenvalue weighted by atomic mass is 10.1. The fourth-order valence-electron chi connectivity index (χ4n) is 2.12. The molecule has 1 aromatic carbocycles. The van der Waals surface area contributed by atoms with Gasteiger partial charge in [-0.3, -0.25) is 0 Å². The highest BCUT2D eigenvalue weighted by Crippen LogP contribution is 2.29. The molecule has 0 saturated heterocycles. The number of benzene rings is 1. The van der Waals surface area contributed by atoms with E-state index < -0.39 is 0 Å². The van der Waals surface area contributed by atoms with Gasteiger partial charge < -0.3 is 14.5 Å². The Labute approximate surface area is 112 Å². The molecule has 0 amide bonds. The van der Waals surface area contributed by atoms with Gasteiger partial charge in [0.2, 0.25) is 0 Å². The van der Waals surface area contributed by atoms with E-state index in [4.69, 9.17) is 9.15 Å². The number of oxazole rings is 1. The summed E-state index contributed by atoms with van der Waals surface area (Å²) in [6.07, 6.45) is 4.04. The topological polar surface area (TPSA) is 47.3 Å². The van der Waals surface area contributed by atoms with Crippen LogP contribution in [0.5, 0.6) is 5.75 Å². The quantitative estimate of drug-likeness (QED) is 0.895. The molecule has 1 heterocycles. The molecule has 0 unspecified atom stereocenters. The van der Waals surface area contributed by atoms with Crippen LogP contribution < -0.4 is 10.1 Å². The van der Waals surface area contributed by atoms with Gasteiger partial charge in [0.05, 0.1) is 7.11 Å². The van der Waals surface area contributed by atoms with Crippen LogP contribution in [0.15, 0.2) is 29.0 Å². The van der Waals surface area contributed by atoms with E-state index in [1.807, 2.05) is 25.1 Å². The van der Waals surface area contributed by atoms with Crippen LogP contribution in [0.4, 0.5) is 0 Å². The summed E-state index contributed by atoms with van der Waals surface area (Å²) in [5.41, 5.74) is 3.08. The van der Waals surface area contributed by atoms with E-state index in [1.165, 1.54) is 19.2 Å². The van der Waals surface area contributed by atoms with Crippen molar-refractivity contribution in [3.8, 4) is 17.1 Å². The third kappa shape index (κ3) is 2.63. The molecule has 0 spiro atoms. The number of rotatable bonds is 5. The second-order valence-electron chi connectivity index (χ2n) is 4.97. The largest absolute Gasteiger partial charge is 0.496 e. The Morgan fingerprint density at radius 3 is 3.00 bits per heavy atom. The first-order valence-electron chi connectivity index (χ1n) is 6.58. The summed E-state index contributed by atoms with van der Waals surface area (Å²) < 4.78 is 10.9. The van der Waals surface area contributed by atoms with Gasteiger partial charge in [0.25, 0.3) is 0 Å². The van der Waals surface area contributed by atoms with Crippen LogP contribution in [0.3, 0.4) is 0 Å². The van der Waals surface area contributed by atoms with Gasteiger partial charge in [-0.05, 0) is 31.4 Å².